The molecular formula is C25H25F2IN4O3. The molecule has 1 saturated carbocycles. The summed E-state index contributed by atoms with van der Waals surface area (Å²) in [5.41, 5.74) is 1.01. The number of nitrogens with zero attached hydrogens (tertiary/aromatic N) is 4. The molecular weight excluding hydrogens is 569 g/mol. The maximum atomic E-state index is 14.4. The number of imide groups is 1. The van der Waals surface area contributed by atoms with Gasteiger partial charge in [-0.25, -0.2) is 8.78 Å². The number of benzene rings is 1. The van der Waals surface area contributed by atoms with Crippen LogP contribution >= 0.6 is 24.0 Å². The van der Waals surface area contributed by atoms with E-state index in [9.17, 15) is 18.4 Å². The van der Waals surface area contributed by atoms with E-state index < -0.39 is 23.4 Å². The van der Waals surface area contributed by atoms with Gasteiger partial charge < -0.3 is 4.74 Å². The van der Waals surface area contributed by atoms with E-state index in [2.05, 4.69) is 10.1 Å². The molecule has 4 heterocycles. The highest BCUT2D eigenvalue weighted by atomic mass is 127. The van der Waals surface area contributed by atoms with E-state index in [1.807, 2.05) is 23.1 Å². The zero-order chi connectivity index (χ0) is 23.8. The van der Waals surface area contributed by atoms with Crippen molar-refractivity contribution in [2.24, 2.45) is 0 Å². The summed E-state index contributed by atoms with van der Waals surface area (Å²) in [5.74, 6) is -2.45. The van der Waals surface area contributed by atoms with E-state index >= 15 is 0 Å². The molecule has 1 aromatic carbocycles. The van der Waals surface area contributed by atoms with Crippen molar-refractivity contribution in [1.82, 2.24) is 19.7 Å². The quantitative estimate of drug-likeness (QED) is 0.316. The lowest BCUT2D eigenvalue weighted by molar-refractivity contribution is 0.0693. The summed E-state index contributed by atoms with van der Waals surface area (Å²) in [5, 5.41) is 4.09. The minimum atomic E-state index is -0.821. The number of pyridine rings is 1. The fourth-order valence-corrected chi connectivity index (χ4v) is 4.31. The Morgan fingerprint density at radius 1 is 1.00 bits per heavy atom. The molecule has 0 bridgehead atoms. The summed E-state index contributed by atoms with van der Waals surface area (Å²) in [6, 6.07) is 7.44. The maximum absolute atomic E-state index is 14.4. The molecule has 2 aromatic heterocycles. The van der Waals surface area contributed by atoms with Crippen LogP contribution in [0.25, 0.3) is 11.3 Å². The first kappa shape index (κ1) is 25.4. The molecule has 0 N–H and O–H groups in total. The Bertz CT molecular complexity index is 1240. The molecule has 2 aliphatic heterocycles. The molecule has 3 aliphatic rings. The van der Waals surface area contributed by atoms with Gasteiger partial charge in [0.15, 0.2) is 0 Å². The summed E-state index contributed by atoms with van der Waals surface area (Å²) < 4.78 is 35.1. The van der Waals surface area contributed by atoms with Crippen LogP contribution in [0.1, 0.15) is 64.1 Å². The van der Waals surface area contributed by atoms with Crippen molar-refractivity contribution < 1.29 is 23.1 Å². The topological polar surface area (TPSA) is 77.3 Å². The van der Waals surface area contributed by atoms with Gasteiger partial charge in [0.25, 0.3) is 11.8 Å². The summed E-state index contributed by atoms with van der Waals surface area (Å²) >= 11 is 0. The molecule has 0 radical (unpaired) electrons. The average molecular weight is 594 g/mol. The minimum Gasteiger partial charge on any atom is -0.381 e. The molecule has 0 atom stereocenters. The summed E-state index contributed by atoms with van der Waals surface area (Å²) in [4.78, 5) is 30.5. The highest BCUT2D eigenvalue weighted by molar-refractivity contribution is 14.0. The molecule has 1 saturated heterocycles. The number of ether oxygens (including phenoxy) is 1. The first-order valence-corrected chi connectivity index (χ1v) is 11.3. The monoisotopic (exact) mass is 594 g/mol. The summed E-state index contributed by atoms with van der Waals surface area (Å²) in [6.45, 7) is 1.16. The number of amides is 2. The Morgan fingerprint density at radius 2 is 1.74 bits per heavy atom. The summed E-state index contributed by atoms with van der Waals surface area (Å²) in [6.07, 6.45) is 7.96. The van der Waals surface area contributed by atoms with Crippen molar-refractivity contribution in [3.8, 4) is 11.3 Å². The molecule has 0 unspecified atom stereocenters. The molecule has 2 fully saturated rings. The van der Waals surface area contributed by atoms with E-state index in [-0.39, 0.29) is 52.3 Å². The minimum absolute atomic E-state index is 0. The third kappa shape index (κ3) is 5.13. The average Bonchev–Trinajstić information content (AvgIpc) is 3.51. The third-order valence-electron chi connectivity index (χ3n) is 6.36. The van der Waals surface area contributed by atoms with Crippen LogP contribution in [0.3, 0.4) is 0 Å². The predicted octanol–water partition coefficient (Wildman–Crippen LogP) is 4.98. The molecule has 184 valence electrons. The van der Waals surface area contributed by atoms with Crippen LogP contribution in [0.15, 0.2) is 42.7 Å². The number of fused-ring (bicyclic) bond motifs is 1. The standard InChI is InChI=1S/C19H16F2N2O3.C6H8N2.HI/c1-23-18(24)13-9-15(10-4-6-26-7-5-10)22-17(16(13)19(23)25)12-3-2-11(20)8-14(12)21;1-4-7-8(5-1)6-2-3-6;/h2-3,8-10H,4-7H2,1H3;1,4-6H,2-3H2;1H. The zero-order valence-electron chi connectivity index (χ0n) is 19.1. The van der Waals surface area contributed by atoms with Gasteiger partial charge in [0.1, 0.15) is 11.6 Å². The van der Waals surface area contributed by atoms with Crippen molar-refractivity contribution in [1.29, 1.82) is 0 Å². The Kier molecular flexibility index (Phi) is 7.60. The number of carbonyl (C=O) groups excluding carboxylic acids is 2. The van der Waals surface area contributed by atoms with Crippen LogP contribution in [-0.4, -0.2) is 51.7 Å². The number of hydrogen-bond acceptors (Lipinski definition) is 5. The predicted molar refractivity (Wildman–Crippen MR) is 135 cm³/mol. The Morgan fingerprint density at radius 3 is 2.37 bits per heavy atom. The zero-order valence-corrected chi connectivity index (χ0v) is 21.4. The Labute approximate surface area is 218 Å². The molecule has 7 nitrogen and oxygen atoms in total. The van der Waals surface area contributed by atoms with Crippen molar-refractivity contribution >= 4 is 35.8 Å². The number of rotatable bonds is 3. The van der Waals surface area contributed by atoms with Gasteiger partial charge in [-0.2, -0.15) is 5.10 Å². The normalized spacial score (nSPS) is 17.5. The number of aromatic nitrogens is 3. The lowest BCUT2D eigenvalue weighted by atomic mass is 9.92. The van der Waals surface area contributed by atoms with Gasteiger partial charge >= 0.3 is 0 Å². The molecule has 35 heavy (non-hydrogen) atoms. The van der Waals surface area contributed by atoms with Crippen LogP contribution in [0.2, 0.25) is 0 Å². The van der Waals surface area contributed by atoms with Gasteiger partial charge in [0, 0.05) is 55.9 Å². The molecule has 2 amide bonds. The number of halogens is 3. The van der Waals surface area contributed by atoms with Gasteiger partial charge in [-0.1, -0.05) is 0 Å². The molecule has 6 rings (SSSR count). The Hall–Kier alpha value is -2.73. The highest BCUT2D eigenvalue weighted by Crippen LogP contribution is 2.36. The van der Waals surface area contributed by atoms with Crippen LogP contribution in [0.4, 0.5) is 8.78 Å². The fraction of sp³-hybridized carbons (Fsp3) is 0.360. The smallest absolute Gasteiger partial charge is 0.263 e. The maximum Gasteiger partial charge on any atom is 0.263 e. The van der Waals surface area contributed by atoms with Crippen LogP contribution in [0.5, 0.6) is 0 Å². The van der Waals surface area contributed by atoms with Crippen LogP contribution < -0.4 is 0 Å². The molecule has 0 spiro atoms. The first-order chi connectivity index (χ1) is 16.4. The second-order valence-corrected chi connectivity index (χ2v) is 8.72. The second-order valence-electron chi connectivity index (χ2n) is 8.72. The van der Waals surface area contributed by atoms with Crippen molar-refractivity contribution in [3.05, 3.63) is 71.2 Å². The van der Waals surface area contributed by atoms with Crippen LogP contribution in [-0.2, 0) is 4.74 Å². The van der Waals surface area contributed by atoms with Crippen molar-refractivity contribution in [2.75, 3.05) is 20.3 Å². The van der Waals surface area contributed by atoms with E-state index in [4.69, 9.17) is 4.74 Å². The summed E-state index contributed by atoms with van der Waals surface area (Å²) in [7, 11) is 1.38. The number of hydrogen-bond donors (Lipinski definition) is 0. The number of carbonyl (C=O) groups is 2. The van der Waals surface area contributed by atoms with Crippen molar-refractivity contribution in [2.45, 2.75) is 37.6 Å². The SMILES string of the molecule is CN1C(=O)c2cc(C3CCOCC3)nc(-c3ccc(F)cc3F)c2C1=O.I.c1cnn(C2CC2)c1. The van der Waals surface area contributed by atoms with Gasteiger partial charge in [-0.05, 0) is 49.9 Å². The van der Waals surface area contributed by atoms with E-state index in [1.165, 1.54) is 26.0 Å². The second kappa shape index (κ2) is 10.5. The van der Waals surface area contributed by atoms with Crippen molar-refractivity contribution in [3.63, 3.8) is 0 Å². The molecule has 10 heteroatoms. The fourth-order valence-electron chi connectivity index (χ4n) is 4.31. The third-order valence-corrected chi connectivity index (χ3v) is 6.36. The highest BCUT2D eigenvalue weighted by Gasteiger charge is 2.38. The van der Waals surface area contributed by atoms with Gasteiger partial charge in [0.05, 0.1) is 22.9 Å². The van der Waals surface area contributed by atoms with E-state index in [0.717, 1.165) is 35.9 Å². The van der Waals surface area contributed by atoms with E-state index in [0.29, 0.717) is 18.9 Å². The van der Waals surface area contributed by atoms with Crippen LogP contribution in [0, 0.1) is 11.6 Å². The largest absolute Gasteiger partial charge is 0.381 e. The molecule has 3 aromatic rings. The Balaban J connectivity index is 0.000000270. The van der Waals surface area contributed by atoms with Gasteiger partial charge in [0.2, 0.25) is 0 Å². The van der Waals surface area contributed by atoms with E-state index in [1.54, 1.807) is 6.07 Å². The van der Waals surface area contributed by atoms with Gasteiger partial charge in [-0.15, -0.1) is 24.0 Å². The molecule has 1 aliphatic carbocycles. The lowest BCUT2D eigenvalue weighted by Crippen LogP contribution is -2.24. The lowest BCUT2D eigenvalue weighted by Gasteiger charge is -2.22. The van der Waals surface area contributed by atoms with Gasteiger partial charge in [-0.3, -0.25) is 24.2 Å². The first-order valence-electron chi connectivity index (χ1n) is 11.3.